The highest BCUT2D eigenvalue weighted by Crippen LogP contribution is 2.77. The Labute approximate surface area is 263 Å². The lowest BCUT2D eigenvalue weighted by atomic mass is 9.32. The Hall–Kier alpha value is -2.31. The minimum atomic E-state index is -0.975. The summed E-state index contributed by atoms with van der Waals surface area (Å²) >= 11 is 0. The number of carboxylic acid groups (broad SMARTS) is 1. The summed E-state index contributed by atoms with van der Waals surface area (Å²) in [6.07, 6.45) is 11.7. The van der Waals surface area contributed by atoms with E-state index < -0.39 is 11.4 Å². The summed E-state index contributed by atoms with van der Waals surface area (Å²) in [5.74, 6) is 1.69. The number of aliphatic carboxylic acids is 1. The van der Waals surface area contributed by atoms with E-state index in [9.17, 15) is 19.5 Å². The zero-order valence-electron chi connectivity index (χ0n) is 28.0. The van der Waals surface area contributed by atoms with Gasteiger partial charge in [-0.3, -0.25) is 9.59 Å². The van der Waals surface area contributed by atoms with Crippen molar-refractivity contribution in [2.45, 2.75) is 119 Å². The predicted molar refractivity (Wildman–Crippen MR) is 168 cm³/mol. The lowest BCUT2D eigenvalue weighted by molar-refractivity contribution is -0.248. The molecule has 44 heavy (non-hydrogen) atoms. The van der Waals surface area contributed by atoms with E-state index in [1.54, 1.807) is 12.1 Å². The lowest BCUT2D eigenvalue weighted by Gasteiger charge is -2.73. The first-order valence-electron chi connectivity index (χ1n) is 17.4. The van der Waals surface area contributed by atoms with Crippen LogP contribution in [0.4, 0.5) is 0 Å². The molecule has 2 N–H and O–H groups in total. The van der Waals surface area contributed by atoms with Gasteiger partial charge in [-0.25, -0.2) is 4.79 Å². The topological polar surface area (TPSA) is 106 Å². The third kappa shape index (κ3) is 4.36. The third-order valence-electron chi connectivity index (χ3n) is 15.1. The molecule has 0 spiro atoms. The maximum atomic E-state index is 13.9. The molecule has 6 rings (SSSR count). The van der Waals surface area contributed by atoms with Gasteiger partial charge in [0.25, 0.3) is 0 Å². The van der Waals surface area contributed by atoms with Crippen molar-refractivity contribution in [2.24, 2.45) is 62.6 Å². The summed E-state index contributed by atoms with van der Waals surface area (Å²) in [4.78, 5) is 38.2. The second-order valence-electron chi connectivity index (χ2n) is 17.1. The number of rotatable bonds is 6. The van der Waals surface area contributed by atoms with Crippen molar-refractivity contribution in [1.29, 1.82) is 0 Å². The van der Waals surface area contributed by atoms with Gasteiger partial charge >= 0.3 is 11.9 Å². The minimum absolute atomic E-state index is 0.0118. The summed E-state index contributed by atoms with van der Waals surface area (Å²) in [5.41, 5.74) is -0.167. The largest absolute Gasteiger partial charge is 0.480 e. The van der Waals surface area contributed by atoms with Crippen LogP contribution in [0.15, 0.2) is 22.8 Å². The first-order chi connectivity index (χ1) is 20.6. The molecule has 10 atom stereocenters. The number of amides is 1. The van der Waals surface area contributed by atoms with Crippen molar-refractivity contribution in [3.05, 3.63) is 24.2 Å². The zero-order chi connectivity index (χ0) is 31.9. The number of hydrogen-bond donors (Lipinski definition) is 2. The molecule has 1 amide bonds. The second-order valence-corrected chi connectivity index (χ2v) is 17.1. The summed E-state index contributed by atoms with van der Waals surface area (Å²) in [5, 5.41) is 12.2. The normalized spacial score (nSPS) is 44.1. The Morgan fingerprint density at radius 1 is 0.932 bits per heavy atom. The lowest BCUT2D eigenvalue weighted by Crippen LogP contribution is -2.67. The highest BCUT2D eigenvalue weighted by Gasteiger charge is 2.72. The number of carboxylic acids is 1. The van der Waals surface area contributed by atoms with Gasteiger partial charge in [-0.15, -0.1) is 0 Å². The van der Waals surface area contributed by atoms with Crippen LogP contribution in [0.2, 0.25) is 0 Å². The zero-order valence-corrected chi connectivity index (χ0v) is 28.0. The molecular weight excluding hydrogens is 554 g/mol. The van der Waals surface area contributed by atoms with Crippen LogP contribution in [0.5, 0.6) is 0 Å². The average molecular weight is 610 g/mol. The van der Waals surface area contributed by atoms with Gasteiger partial charge in [0.05, 0.1) is 11.7 Å². The molecule has 5 saturated carbocycles. The van der Waals surface area contributed by atoms with E-state index in [1.807, 2.05) is 0 Å². The molecular formula is C37H55NO6. The Balaban J connectivity index is 1.29. The molecule has 1 aromatic heterocycles. The fourth-order valence-electron chi connectivity index (χ4n) is 12.9. The van der Waals surface area contributed by atoms with Crippen molar-refractivity contribution < 1.29 is 28.6 Å². The van der Waals surface area contributed by atoms with Gasteiger partial charge in [-0.2, -0.15) is 0 Å². The van der Waals surface area contributed by atoms with Crippen molar-refractivity contribution >= 4 is 17.8 Å². The maximum Gasteiger partial charge on any atom is 0.374 e. The monoisotopic (exact) mass is 609 g/mol. The van der Waals surface area contributed by atoms with E-state index in [-0.39, 0.29) is 51.9 Å². The van der Waals surface area contributed by atoms with E-state index >= 15 is 0 Å². The molecule has 0 aliphatic heterocycles. The van der Waals surface area contributed by atoms with E-state index in [0.717, 1.165) is 57.8 Å². The first-order valence-corrected chi connectivity index (χ1v) is 17.4. The fourth-order valence-corrected chi connectivity index (χ4v) is 12.9. The molecule has 5 aliphatic rings. The van der Waals surface area contributed by atoms with Crippen molar-refractivity contribution in [1.82, 2.24) is 5.32 Å². The second kappa shape index (κ2) is 10.6. The van der Waals surface area contributed by atoms with Crippen LogP contribution in [0, 0.1) is 62.6 Å². The van der Waals surface area contributed by atoms with Crippen LogP contribution in [-0.2, 0) is 14.3 Å². The number of ether oxygens (including phenoxy) is 1. The van der Waals surface area contributed by atoms with Crippen molar-refractivity contribution in [3.63, 3.8) is 0 Å². The minimum Gasteiger partial charge on any atom is -0.480 e. The van der Waals surface area contributed by atoms with E-state index in [4.69, 9.17) is 9.15 Å². The molecule has 244 valence electrons. The molecule has 5 aliphatic carbocycles. The van der Waals surface area contributed by atoms with Gasteiger partial charge in [-0.05, 0) is 128 Å². The molecule has 0 radical (unpaired) electrons. The van der Waals surface area contributed by atoms with Crippen LogP contribution in [0.25, 0.3) is 0 Å². The molecule has 7 nitrogen and oxygen atoms in total. The highest BCUT2D eigenvalue weighted by atomic mass is 16.6. The number of nitrogens with one attached hydrogen (secondary N) is 1. The fraction of sp³-hybridized carbons (Fsp3) is 0.811. The molecule has 1 aromatic rings. The molecule has 0 aromatic carbocycles. The number of carbonyl (C=O) groups is 3. The number of hydrogen-bond acceptors (Lipinski definition) is 5. The van der Waals surface area contributed by atoms with Crippen LogP contribution >= 0.6 is 0 Å². The number of esters is 1. The number of furan rings is 1. The molecule has 5 fully saturated rings. The summed E-state index contributed by atoms with van der Waals surface area (Å²) in [6, 6.07) is 3.40. The Morgan fingerprint density at radius 3 is 2.34 bits per heavy atom. The highest BCUT2D eigenvalue weighted by molar-refractivity contribution is 5.87. The average Bonchev–Trinajstić information content (AvgIpc) is 3.63. The van der Waals surface area contributed by atoms with Gasteiger partial charge in [-0.1, -0.05) is 48.5 Å². The van der Waals surface area contributed by atoms with Crippen LogP contribution in [-0.4, -0.2) is 35.6 Å². The molecule has 6 unspecified atom stereocenters. The first kappa shape index (κ1) is 31.7. The van der Waals surface area contributed by atoms with Crippen molar-refractivity contribution in [3.8, 4) is 0 Å². The quantitative estimate of drug-likeness (QED) is 0.320. The molecule has 0 bridgehead atoms. The summed E-state index contributed by atoms with van der Waals surface area (Å²) < 4.78 is 11.5. The SMILES string of the molecule is CC(C)C1CC[C@]2(C(=O)NCC(=O)O)CC[C@]3(C)C(CCC4C3(C)CCC3C(C)(C)[C@H](OC(=O)c5ccco5)CC[C@@]34C)C12. The van der Waals surface area contributed by atoms with Gasteiger partial charge in [0.2, 0.25) is 11.7 Å². The number of carbonyl (C=O) groups excluding carboxylic acids is 2. The maximum absolute atomic E-state index is 13.9. The summed E-state index contributed by atoms with van der Waals surface area (Å²) in [7, 11) is 0. The van der Waals surface area contributed by atoms with E-state index in [0.29, 0.717) is 35.5 Å². The third-order valence-corrected chi connectivity index (χ3v) is 15.1. The molecule has 0 saturated heterocycles. The predicted octanol–water partition coefficient (Wildman–Crippen LogP) is 7.74. The van der Waals surface area contributed by atoms with Crippen LogP contribution in [0.1, 0.15) is 123 Å². The van der Waals surface area contributed by atoms with Crippen molar-refractivity contribution in [2.75, 3.05) is 6.54 Å². The summed E-state index contributed by atoms with van der Waals surface area (Å²) in [6.45, 7) is 16.7. The van der Waals surface area contributed by atoms with E-state index in [1.165, 1.54) is 12.7 Å². The Bertz CT molecular complexity index is 1290. The molecule has 7 heteroatoms. The van der Waals surface area contributed by atoms with Crippen LogP contribution < -0.4 is 5.32 Å². The standard InChI is InChI=1S/C37H55NO6/c1-22(2)23-12-17-37(32(42)38-21-29(39)40)19-18-35(6)24(30(23)37)10-11-27-34(5)15-14-28(44-31(41)25-9-8-20-43-25)33(3,4)26(34)13-16-36(27,35)7/h8-9,20,22-24,26-28,30H,10-19,21H2,1-7H3,(H,38,42)(H,39,40)/t23?,24?,26?,27?,28-,30?,34+,35-,36?,37+/m1/s1. The van der Waals surface area contributed by atoms with Gasteiger partial charge < -0.3 is 19.6 Å². The number of fused-ring (bicyclic) bond motifs is 7. The van der Waals surface area contributed by atoms with E-state index in [2.05, 4.69) is 53.8 Å². The van der Waals surface area contributed by atoms with Gasteiger partial charge in [0.15, 0.2) is 0 Å². The Kier molecular flexibility index (Phi) is 7.64. The smallest absolute Gasteiger partial charge is 0.374 e. The van der Waals surface area contributed by atoms with Crippen LogP contribution in [0.3, 0.4) is 0 Å². The van der Waals surface area contributed by atoms with Gasteiger partial charge in [0.1, 0.15) is 12.6 Å². The molecule has 1 heterocycles. The Morgan fingerprint density at radius 2 is 1.68 bits per heavy atom. The van der Waals surface area contributed by atoms with Gasteiger partial charge in [0, 0.05) is 5.41 Å².